The molecule has 0 spiro atoms. The Morgan fingerprint density at radius 3 is 1.53 bits per heavy atom. The Morgan fingerprint density at radius 2 is 1.12 bits per heavy atom. The largest absolute Gasteiger partial charge is 0.464 e. The number of hydrogen-bond donors (Lipinski definition) is 1. The zero-order chi connectivity index (χ0) is 24.1. The highest BCUT2D eigenvalue weighted by molar-refractivity contribution is 7.87. The lowest BCUT2D eigenvalue weighted by Crippen LogP contribution is -2.32. The molecule has 2 atom stereocenters. The molecule has 0 amide bonds. The SMILES string of the molecule is CCCCCCCCCCCCCCCCC(C(=O)OCC(CC)CCCC)S(=O)(=O)O. The van der Waals surface area contributed by atoms with Gasteiger partial charge in [0.15, 0.2) is 5.25 Å². The van der Waals surface area contributed by atoms with Crippen LogP contribution < -0.4 is 0 Å². The summed E-state index contributed by atoms with van der Waals surface area (Å²) < 4.78 is 38.1. The van der Waals surface area contributed by atoms with Crippen LogP contribution in [0.2, 0.25) is 0 Å². The Bertz CT molecular complexity index is 532. The molecule has 0 bridgehead atoms. The number of esters is 1. The van der Waals surface area contributed by atoms with Crippen molar-refractivity contribution in [1.82, 2.24) is 0 Å². The fourth-order valence-electron chi connectivity index (χ4n) is 4.10. The minimum Gasteiger partial charge on any atom is -0.464 e. The van der Waals surface area contributed by atoms with Crippen LogP contribution in [-0.4, -0.2) is 30.8 Å². The van der Waals surface area contributed by atoms with E-state index in [2.05, 4.69) is 13.8 Å². The Balaban J connectivity index is 3.91. The van der Waals surface area contributed by atoms with E-state index in [0.717, 1.165) is 44.9 Å². The van der Waals surface area contributed by atoms with Crippen LogP contribution in [-0.2, 0) is 19.6 Å². The van der Waals surface area contributed by atoms with Crippen molar-refractivity contribution in [3.8, 4) is 0 Å². The van der Waals surface area contributed by atoms with Gasteiger partial charge in [0.2, 0.25) is 0 Å². The van der Waals surface area contributed by atoms with Crippen molar-refractivity contribution in [2.75, 3.05) is 6.61 Å². The molecule has 0 saturated carbocycles. The van der Waals surface area contributed by atoms with Crippen molar-refractivity contribution < 1.29 is 22.5 Å². The summed E-state index contributed by atoms with van der Waals surface area (Å²) in [4.78, 5) is 12.3. The molecule has 0 aromatic carbocycles. The lowest BCUT2D eigenvalue weighted by atomic mass is 10.0. The van der Waals surface area contributed by atoms with Crippen molar-refractivity contribution in [1.29, 1.82) is 0 Å². The molecular weight excluding hydrogens is 424 g/mol. The third-order valence-electron chi connectivity index (χ3n) is 6.45. The lowest BCUT2D eigenvalue weighted by molar-refractivity contribution is -0.144. The van der Waals surface area contributed by atoms with Gasteiger partial charge < -0.3 is 4.74 Å². The van der Waals surface area contributed by atoms with Crippen LogP contribution in [0.3, 0.4) is 0 Å². The first-order valence-corrected chi connectivity index (χ1v) is 15.0. The average molecular weight is 477 g/mol. The van der Waals surface area contributed by atoms with Gasteiger partial charge in [-0.3, -0.25) is 9.35 Å². The van der Waals surface area contributed by atoms with E-state index in [1.165, 1.54) is 64.2 Å². The van der Waals surface area contributed by atoms with E-state index < -0.39 is 21.3 Å². The van der Waals surface area contributed by atoms with Gasteiger partial charge in [0.05, 0.1) is 6.61 Å². The van der Waals surface area contributed by atoms with E-state index >= 15 is 0 Å². The number of unbranched alkanes of at least 4 members (excludes halogenated alkanes) is 14. The maximum Gasteiger partial charge on any atom is 0.326 e. The minimum absolute atomic E-state index is 0.140. The summed E-state index contributed by atoms with van der Waals surface area (Å²) in [5, 5.41) is -1.44. The summed E-state index contributed by atoms with van der Waals surface area (Å²) in [5.41, 5.74) is 0. The molecule has 2 unspecified atom stereocenters. The monoisotopic (exact) mass is 476 g/mol. The molecule has 0 heterocycles. The molecule has 1 N–H and O–H groups in total. The van der Waals surface area contributed by atoms with Crippen molar-refractivity contribution >= 4 is 16.1 Å². The summed E-state index contributed by atoms with van der Waals surface area (Å²) in [5.74, 6) is -0.542. The molecule has 6 heteroatoms. The standard InChI is InChI=1S/C26H52O5S/c1-4-7-9-10-11-12-13-14-15-16-17-18-19-20-22-25(32(28,29)30)26(27)31-23-24(6-3)21-8-5-2/h24-25H,4-23H2,1-3H3,(H,28,29,30). The van der Waals surface area contributed by atoms with Gasteiger partial charge in [-0.25, -0.2) is 0 Å². The third kappa shape index (κ3) is 17.9. The van der Waals surface area contributed by atoms with E-state index in [0.29, 0.717) is 6.42 Å². The van der Waals surface area contributed by atoms with Gasteiger partial charge in [0, 0.05) is 0 Å². The molecule has 0 aliphatic carbocycles. The third-order valence-corrected chi connectivity index (χ3v) is 7.59. The van der Waals surface area contributed by atoms with Crippen LogP contribution >= 0.6 is 0 Å². The molecule has 192 valence electrons. The highest BCUT2D eigenvalue weighted by atomic mass is 32.2. The minimum atomic E-state index is -4.43. The second kappa shape index (κ2) is 20.9. The average Bonchev–Trinajstić information content (AvgIpc) is 2.75. The molecule has 0 rings (SSSR count). The number of carbonyl (C=O) groups excluding carboxylic acids is 1. The first kappa shape index (κ1) is 31.4. The number of rotatable bonds is 23. The van der Waals surface area contributed by atoms with Crippen LogP contribution in [0.1, 0.15) is 143 Å². The normalized spacial score (nSPS) is 13.8. The zero-order valence-electron chi connectivity index (χ0n) is 21.3. The number of hydrogen-bond acceptors (Lipinski definition) is 4. The summed E-state index contributed by atoms with van der Waals surface area (Å²) >= 11 is 0. The van der Waals surface area contributed by atoms with Gasteiger partial charge in [0.25, 0.3) is 10.1 Å². The van der Waals surface area contributed by atoms with Gasteiger partial charge in [-0.15, -0.1) is 0 Å². The van der Waals surface area contributed by atoms with E-state index in [1.807, 2.05) is 6.92 Å². The summed E-state index contributed by atoms with van der Waals surface area (Å²) in [6.45, 7) is 6.64. The molecule has 0 aliphatic rings. The lowest BCUT2D eigenvalue weighted by Gasteiger charge is -2.17. The molecule has 0 radical (unpaired) electrons. The summed E-state index contributed by atoms with van der Waals surface area (Å²) in [6, 6.07) is 0. The van der Waals surface area contributed by atoms with Gasteiger partial charge >= 0.3 is 5.97 Å². The predicted molar refractivity (Wildman–Crippen MR) is 135 cm³/mol. The van der Waals surface area contributed by atoms with E-state index in [1.54, 1.807) is 0 Å². The van der Waals surface area contributed by atoms with Crippen molar-refractivity contribution in [2.24, 2.45) is 5.92 Å². The molecule has 5 nitrogen and oxygen atoms in total. The molecular formula is C26H52O5S. The number of carbonyl (C=O) groups is 1. The highest BCUT2D eigenvalue weighted by Gasteiger charge is 2.32. The maximum absolute atomic E-state index is 12.3. The van der Waals surface area contributed by atoms with Crippen molar-refractivity contribution in [3.05, 3.63) is 0 Å². The Hall–Kier alpha value is -0.620. The summed E-state index contributed by atoms with van der Waals surface area (Å²) in [7, 11) is -4.43. The second-order valence-electron chi connectivity index (χ2n) is 9.44. The highest BCUT2D eigenvalue weighted by Crippen LogP contribution is 2.18. The molecule has 0 fully saturated rings. The molecule has 0 aliphatic heterocycles. The Morgan fingerprint density at radius 1 is 0.688 bits per heavy atom. The van der Waals surface area contributed by atoms with Crippen molar-refractivity contribution in [3.63, 3.8) is 0 Å². The quantitative estimate of drug-likeness (QED) is 0.0921. The van der Waals surface area contributed by atoms with E-state index in [4.69, 9.17) is 4.74 Å². The van der Waals surface area contributed by atoms with Crippen LogP contribution in [0.5, 0.6) is 0 Å². The molecule has 0 saturated heterocycles. The van der Waals surface area contributed by atoms with Crippen LogP contribution in [0.25, 0.3) is 0 Å². The van der Waals surface area contributed by atoms with Gasteiger partial charge in [-0.2, -0.15) is 8.42 Å². The van der Waals surface area contributed by atoms with Gasteiger partial charge in [-0.1, -0.05) is 130 Å². The van der Waals surface area contributed by atoms with E-state index in [9.17, 15) is 17.8 Å². The Labute approximate surface area is 199 Å². The van der Waals surface area contributed by atoms with Crippen LogP contribution in [0.4, 0.5) is 0 Å². The second-order valence-corrected chi connectivity index (χ2v) is 11.0. The first-order chi connectivity index (χ1) is 15.4. The predicted octanol–water partition coefficient (Wildman–Crippen LogP) is 7.87. The molecule has 32 heavy (non-hydrogen) atoms. The Kier molecular flexibility index (Phi) is 20.5. The summed E-state index contributed by atoms with van der Waals surface area (Å²) in [6.07, 6.45) is 21.1. The van der Waals surface area contributed by atoms with Crippen molar-refractivity contribution in [2.45, 2.75) is 148 Å². The number of ether oxygens (including phenoxy) is 1. The van der Waals surface area contributed by atoms with Gasteiger partial charge in [-0.05, 0) is 18.8 Å². The smallest absolute Gasteiger partial charge is 0.326 e. The fraction of sp³-hybridized carbons (Fsp3) is 0.962. The zero-order valence-corrected chi connectivity index (χ0v) is 22.1. The van der Waals surface area contributed by atoms with Gasteiger partial charge in [0.1, 0.15) is 0 Å². The first-order valence-electron chi connectivity index (χ1n) is 13.5. The molecule has 0 aromatic rings. The molecule has 0 aromatic heterocycles. The van der Waals surface area contributed by atoms with E-state index in [-0.39, 0.29) is 18.9 Å². The van der Waals surface area contributed by atoms with Crippen LogP contribution in [0, 0.1) is 5.92 Å². The van der Waals surface area contributed by atoms with Crippen LogP contribution in [0.15, 0.2) is 0 Å². The maximum atomic E-state index is 12.3. The fourth-order valence-corrected chi connectivity index (χ4v) is 4.88. The topological polar surface area (TPSA) is 80.7 Å².